The summed E-state index contributed by atoms with van der Waals surface area (Å²) in [5.74, 6) is -2.30. The van der Waals surface area contributed by atoms with Crippen LogP contribution in [-0.4, -0.2) is 23.5 Å². The first-order valence-electron chi connectivity index (χ1n) is 11.2. The number of carbonyl (C=O) groups is 2. The number of rotatable bonds is 8. The predicted molar refractivity (Wildman–Crippen MR) is 131 cm³/mol. The van der Waals surface area contributed by atoms with Crippen molar-refractivity contribution in [3.63, 3.8) is 0 Å². The number of benzene rings is 3. The molecule has 0 saturated carbocycles. The molecule has 0 atom stereocenters. The summed E-state index contributed by atoms with van der Waals surface area (Å²) in [4.78, 5) is 24.7. The van der Waals surface area contributed by atoms with Crippen LogP contribution in [0, 0.1) is 5.92 Å². The van der Waals surface area contributed by atoms with Crippen LogP contribution in [0.1, 0.15) is 43.4 Å². The summed E-state index contributed by atoms with van der Waals surface area (Å²) >= 11 is 1.81. The Labute approximate surface area is 199 Å². The molecule has 0 amide bonds. The predicted octanol–water partition coefficient (Wildman–Crippen LogP) is 5.94. The molecule has 1 aliphatic rings. The molecule has 3 aromatic carbocycles. The van der Waals surface area contributed by atoms with Gasteiger partial charge < -0.3 is 9.47 Å². The molecule has 0 unspecified atom stereocenters. The molecular formula is C28H28O4S. The lowest BCUT2D eigenvalue weighted by molar-refractivity contribution is -0.240. The molecule has 170 valence electrons. The second kappa shape index (κ2) is 9.84. The SMILES string of the molecule is CC1(C)OC(=O)C(CCCSC(c2ccccc2)(c2ccccc2)c2ccccc2)C(=O)O1. The third-order valence-electron chi connectivity index (χ3n) is 5.76. The van der Waals surface area contributed by atoms with Crippen molar-refractivity contribution in [3.05, 3.63) is 108 Å². The summed E-state index contributed by atoms with van der Waals surface area (Å²) in [6.07, 6.45) is 1.07. The molecule has 0 aliphatic carbocycles. The first-order chi connectivity index (χ1) is 15.9. The largest absolute Gasteiger partial charge is 0.422 e. The molecule has 0 bridgehead atoms. The van der Waals surface area contributed by atoms with Crippen LogP contribution in [0.4, 0.5) is 0 Å². The van der Waals surface area contributed by atoms with Crippen molar-refractivity contribution >= 4 is 23.7 Å². The van der Waals surface area contributed by atoms with E-state index >= 15 is 0 Å². The number of esters is 2. The van der Waals surface area contributed by atoms with Gasteiger partial charge in [0.15, 0.2) is 5.92 Å². The molecule has 1 aliphatic heterocycles. The van der Waals surface area contributed by atoms with Crippen LogP contribution in [0.5, 0.6) is 0 Å². The normalized spacial score (nSPS) is 16.2. The van der Waals surface area contributed by atoms with E-state index in [0.717, 1.165) is 5.75 Å². The minimum atomic E-state index is -1.19. The maximum Gasteiger partial charge on any atom is 0.323 e. The molecule has 1 saturated heterocycles. The Bertz CT molecular complexity index is 964. The minimum absolute atomic E-state index is 0.398. The van der Waals surface area contributed by atoms with E-state index < -0.39 is 28.4 Å². The van der Waals surface area contributed by atoms with Gasteiger partial charge in [-0.3, -0.25) is 9.59 Å². The van der Waals surface area contributed by atoms with Crippen LogP contribution in [0.25, 0.3) is 0 Å². The monoisotopic (exact) mass is 460 g/mol. The summed E-state index contributed by atoms with van der Waals surface area (Å²) in [6.45, 7) is 3.14. The molecule has 4 rings (SSSR count). The standard InChI is InChI=1S/C28H28O4S/c1-27(2)31-25(29)24(26(30)32-27)19-12-20-33-28(21-13-6-3-7-14-21,22-15-8-4-9-16-22)23-17-10-5-11-18-23/h3-11,13-18,24H,12,19-20H2,1-2H3. The van der Waals surface area contributed by atoms with E-state index in [4.69, 9.17) is 9.47 Å². The van der Waals surface area contributed by atoms with E-state index in [2.05, 4.69) is 72.8 Å². The van der Waals surface area contributed by atoms with Gasteiger partial charge >= 0.3 is 11.9 Å². The number of hydrogen-bond acceptors (Lipinski definition) is 5. The van der Waals surface area contributed by atoms with Gasteiger partial charge in [0.2, 0.25) is 0 Å². The maximum atomic E-state index is 12.3. The number of ether oxygens (including phenoxy) is 2. The quantitative estimate of drug-likeness (QED) is 0.180. The van der Waals surface area contributed by atoms with Crippen molar-refractivity contribution in [2.24, 2.45) is 5.92 Å². The molecule has 0 N–H and O–H groups in total. The Morgan fingerprint density at radius 1 is 0.727 bits per heavy atom. The molecule has 4 nitrogen and oxygen atoms in total. The molecule has 1 fully saturated rings. The van der Waals surface area contributed by atoms with Gasteiger partial charge in [-0.15, -0.1) is 11.8 Å². The van der Waals surface area contributed by atoms with E-state index in [1.165, 1.54) is 16.7 Å². The first-order valence-corrected chi connectivity index (χ1v) is 12.2. The Kier molecular flexibility index (Phi) is 6.89. The van der Waals surface area contributed by atoms with Gasteiger partial charge in [-0.2, -0.15) is 0 Å². The summed E-state index contributed by atoms with van der Waals surface area (Å²) in [5.41, 5.74) is 3.56. The molecular weight excluding hydrogens is 432 g/mol. The van der Waals surface area contributed by atoms with Crippen LogP contribution >= 0.6 is 11.8 Å². The fourth-order valence-corrected chi connectivity index (χ4v) is 5.79. The lowest BCUT2D eigenvalue weighted by atomic mass is 9.84. The van der Waals surface area contributed by atoms with E-state index in [0.29, 0.717) is 12.8 Å². The van der Waals surface area contributed by atoms with Gasteiger partial charge in [0.1, 0.15) is 0 Å². The van der Waals surface area contributed by atoms with Crippen molar-refractivity contribution in [2.75, 3.05) is 5.75 Å². The first kappa shape index (κ1) is 23.1. The van der Waals surface area contributed by atoms with Crippen LogP contribution < -0.4 is 0 Å². The van der Waals surface area contributed by atoms with Gasteiger partial charge in [0.05, 0.1) is 4.75 Å². The highest BCUT2D eigenvalue weighted by Gasteiger charge is 2.43. The van der Waals surface area contributed by atoms with E-state index in [1.807, 2.05) is 30.0 Å². The zero-order valence-electron chi connectivity index (χ0n) is 18.9. The van der Waals surface area contributed by atoms with Gasteiger partial charge in [0.25, 0.3) is 5.79 Å². The Hall–Kier alpha value is -3.05. The Morgan fingerprint density at radius 2 is 1.12 bits per heavy atom. The molecule has 1 heterocycles. The highest BCUT2D eigenvalue weighted by Crippen LogP contribution is 2.48. The smallest absolute Gasteiger partial charge is 0.323 e. The zero-order valence-corrected chi connectivity index (χ0v) is 19.7. The molecule has 3 aromatic rings. The lowest BCUT2D eigenvalue weighted by Crippen LogP contribution is -2.46. The number of carbonyl (C=O) groups excluding carboxylic acids is 2. The van der Waals surface area contributed by atoms with Crippen molar-refractivity contribution in [1.82, 2.24) is 0 Å². The highest BCUT2D eigenvalue weighted by atomic mass is 32.2. The van der Waals surface area contributed by atoms with Gasteiger partial charge in [-0.25, -0.2) is 0 Å². The average molecular weight is 461 g/mol. The fraction of sp³-hybridized carbons (Fsp3) is 0.286. The Morgan fingerprint density at radius 3 is 1.52 bits per heavy atom. The van der Waals surface area contributed by atoms with Crippen molar-refractivity contribution < 1.29 is 19.1 Å². The van der Waals surface area contributed by atoms with E-state index in [1.54, 1.807) is 13.8 Å². The average Bonchev–Trinajstić information content (AvgIpc) is 2.82. The third-order valence-corrected chi connectivity index (χ3v) is 7.39. The molecule has 0 spiro atoms. The number of thioether (sulfide) groups is 1. The van der Waals surface area contributed by atoms with E-state index in [9.17, 15) is 9.59 Å². The van der Waals surface area contributed by atoms with Crippen molar-refractivity contribution in [3.8, 4) is 0 Å². The third kappa shape index (κ3) is 4.98. The van der Waals surface area contributed by atoms with E-state index in [-0.39, 0.29) is 0 Å². The highest BCUT2D eigenvalue weighted by molar-refractivity contribution is 8.00. The zero-order chi connectivity index (χ0) is 23.3. The van der Waals surface area contributed by atoms with Gasteiger partial charge in [-0.1, -0.05) is 91.0 Å². The molecule has 0 aromatic heterocycles. The van der Waals surface area contributed by atoms with Gasteiger partial charge in [0, 0.05) is 13.8 Å². The second-order valence-corrected chi connectivity index (χ2v) is 9.87. The minimum Gasteiger partial charge on any atom is -0.422 e. The van der Waals surface area contributed by atoms with Crippen LogP contribution in [0.15, 0.2) is 91.0 Å². The number of cyclic esters (lactones) is 2. The molecule has 33 heavy (non-hydrogen) atoms. The maximum absolute atomic E-state index is 12.3. The number of hydrogen-bond donors (Lipinski definition) is 0. The lowest BCUT2D eigenvalue weighted by Gasteiger charge is -2.36. The van der Waals surface area contributed by atoms with Crippen molar-refractivity contribution in [2.45, 2.75) is 37.2 Å². The van der Waals surface area contributed by atoms with Crippen LogP contribution in [-0.2, 0) is 23.8 Å². The topological polar surface area (TPSA) is 52.6 Å². The van der Waals surface area contributed by atoms with Crippen LogP contribution in [0.2, 0.25) is 0 Å². The van der Waals surface area contributed by atoms with Crippen LogP contribution in [0.3, 0.4) is 0 Å². The summed E-state index contributed by atoms with van der Waals surface area (Å²) in [6, 6.07) is 31.4. The van der Waals surface area contributed by atoms with Gasteiger partial charge in [-0.05, 0) is 35.3 Å². The molecule has 5 heteroatoms. The van der Waals surface area contributed by atoms with Crippen molar-refractivity contribution in [1.29, 1.82) is 0 Å². The summed E-state index contributed by atoms with van der Waals surface area (Å²) in [7, 11) is 0. The summed E-state index contributed by atoms with van der Waals surface area (Å²) < 4.78 is 10.1. The Balaban J connectivity index is 1.60. The fourth-order valence-electron chi connectivity index (χ4n) is 4.26. The molecule has 0 radical (unpaired) electrons. The second-order valence-electron chi connectivity index (χ2n) is 8.56. The summed E-state index contributed by atoms with van der Waals surface area (Å²) in [5, 5.41) is 0.